The summed E-state index contributed by atoms with van der Waals surface area (Å²) < 4.78 is 42.3. The number of aliphatic hydroxyl groups is 1. The van der Waals surface area contributed by atoms with Crippen molar-refractivity contribution < 1.29 is 27.8 Å². The van der Waals surface area contributed by atoms with Crippen molar-refractivity contribution in [3.63, 3.8) is 0 Å². The van der Waals surface area contributed by atoms with E-state index in [1.165, 1.54) is 18.2 Å². The van der Waals surface area contributed by atoms with E-state index in [0.717, 1.165) is 17.7 Å². The molecule has 0 spiro atoms. The van der Waals surface area contributed by atoms with E-state index in [1.54, 1.807) is 13.8 Å². The molecule has 1 unspecified atom stereocenters. The van der Waals surface area contributed by atoms with Crippen molar-refractivity contribution in [2.45, 2.75) is 26.1 Å². The number of aliphatic hydroxyl groups excluding tert-OH is 1. The van der Waals surface area contributed by atoms with Crippen LogP contribution in [-0.4, -0.2) is 30.3 Å². The fourth-order valence-electron chi connectivity index (χ4n) is 1.52. The van der Waals surface area contributed by atoms with Gasteiger partial charge in [0.1, 0.15) is 18.5 Å². The number of rotatable bonds is 6. The average molecular weight is 317 g/mol. The van der Waals surface area contributed by atoms with E-state index in [1.807, 2.05) is 0 Å². The number of ether oxygens (including phenoxy) is 1. The number of halogens is 3. The van der Waals surface area contributed by atoms with Gasteiger partial charge in [-0.15, -0.1) is 0 Å². The first-order chi connectivity index (χ1) is 10.2. The molecule has 122 valence electrons. The van der Waals surface area contributed by atoms with Gasteiger partial charge in [-0.1, -0.05) is 5.57 Å². The normalized spacial score (nSPS) is 12.5. The number of carbonyl (C=O) groups excluding carboxylic acids is 1. The van der Waals surface area contributed by atoms with Crippen LogP contribution in [0, 0.1) is 0 Å². The van der Waals surface area contributed by atoms with E-state index in [0.29, 0.717) is 0 Å². The van der Waals surface area contributed by atoms with E-state index >= 15 is 0 Å². The summed E-state index contributed by atoms with van der Waals surface area (Å²) in [6.07, 6.45) is -3.96. The van der Waals surface area contributed by atoms with E-state index in [4.69, 9.17) is 4.74 Å². The molecule has 1 rings (SSSR count). The van der Waals surface area contributed by atoms with Crippen molar-refractivity contribution >= 4 is 5.91 Å². The lowest BCUT2D eigenvalue weighted by Crippen LogP contribution is -2.34. The molecule has 0 radical (unpaired) electrons. The van der Waals surface area contributed by atoms with Gasteiger partial charge in [0.25, 0.3) is 0 Å². The average Bonchev–Trinajstić information content (AvgIpc) is 2.41. The fourth-order valence-corrected chi connectivity index (χ4v) is 1.52. The summed E-state index contributed by atoms with van der Waals surface area (Å²) in [7, 11) is 0. The van der Waals surface area contributed by atoms with Crippen molar-refractivity contribution in [3.05, 3.63) is 41.5 Å². The van der Waals surface area contributed by atoms with E-state index in [9.17, 15) is 23.1 Å². The van der Waals surface area contributed by atoms with Crippen molar-refractivity contribution in [1.82, 2.24) is 5.32 Å². The number of carbonyl (C=O) groups is 1. The molecule has 0 heterocycles. The Balaban J connectivity index is 2.39. The summed E-state index contributed by atoms with van der Waals surface area (Å²) >= 11 is 0. The number of allylic oxidation sites excluding steroid dienone is 1. The van der Waals surface area contributed by atoms with Gasteiger partial charge in [-0.05, 0) is 38.1 Å². The van der Waals surface area contributed by atoms with Crippen LogP contribution < -0.4 is 10.1 Å². The van der Waals surface area contributed by atoms with Crippen LogP contribution in [0.15, 0.2) is 35.9 Å². The van der Waals surface area contributed by atoms with E-state index < -0.39 is 17.8 Å². The van der Waals surface area contributed by atoms with Gasteiger partial charge in [0.15, 0.2) is 0 Å². The Labute approximate surface area is 126 Å². The Bertz CT molecular complexity index is 520. The molecule has 0 aliphatic rings. The van der Waals surface area contributed by atoms with Crippen LogP contribution in [0.3, 0.4) is 0 Å². The second kappa shape index (κ2) is 7.84. The highest BCUT2D eigenvalue weighted by molar-refractivity contribution is 5.88. The first-order valence-electron chi connectivity index (χ1n) is 6.59. The smallest absolute Gasteiger partial charge is 0.416 e. The molecule has 22 heavy (non-hydrogen) atoms. The van der Waals surface area contributed by atoms with Crippen LogP contribution in [0.4, 0.5) is 13.2 Å². The predicted molar refractivity (Wildman–Crippen MR) is 75.4 cm³/mol. The molecule has 2 N–H and O–H groups in total. The number of hydrogen-bond acceptors (Lipinski definition) is 3. The summed E-state index contributed by atoms with van der Waals surface area (Å²) in [6.45, 7) is 3.39. The summed E-state index contributed by atoms with van der Waals surface area (Å²) in [5.41, 5.74) is 0.0578. The van der Waals surface area contributed by atoms with Gasteiger partial charge in [0.05, 0.1) is 5.56 Å². The summed E-state index contributed by atoms with van der Waals surface area (Å²) in [6, 6.07) is 4.16. The minimum Gasteiger partial charge on any atom is -0.491 e. The Kier molecular flexibility index (Phi) is 6.42. The van der Waals surface area contributed by atoms with Gasteiger partial charge in [-0.2, -0.15) is 13.2 Å². The van der Waals surface area contributed by atoms with Crippen LogP contribution in [0.2, 0.25) is 0 Å². The number of alkyl halides is 3. The molecular weight excluding hydrogens is 299 g/mol. The highest BCUT2D eigenvalue weighted by atomic mass is 19.4. The molecule has 7 heteroatoms. The largest absolute Gasteiger partial charge is 0.491 e. The Morgan fingerprint density at radius 1 is 1.32 bits per heavy atom. The van der Waals surface area contributed by atoms with Gasteiger partial charge >= 0.3 is 6.18 Å². The molecule has 1 amide bonds. The molecule has 0 aromatic heterocycles. The van der Waals surface area contributed by atoms with Crippen molar-refractivity contribution in [2.24, 2.45) is 0 Å². The predicted octanol–water partition coefficient (Wildman–Crippen LogP) is 2.53. The maximum atomic E-state index is 12.4. The van der Waals surface area contributed by atoms with Gasteiger partial charge in [-0.25, -0.2) is 0 Å². The van der Waals surface area contributed by atoms with Gasteiger partial charge in [0.2, 0.25) is 5.91 Å². The lowest BCUT2D eigenvalue weighted by Gasteiger charge is -2.13. The van der Waals surface area contributed by atoms with Gasteiger partial charge in [0, 0.05) is 12.6 Å². The van der Waals surface area contributed by atoms with Crippen molar-refractivity contribution in [2.75, 3.05) is 13.2 Å². The number of benzene rings is 1. The molecule has 0 fully saturated rings. The van der Waals surface area contributed by atoms with Crippen LogP contribution in [-0.2, 0) is 11.0 Å². The molecule has 1 aromatic carbocycles. The second-order valence-electron chi connectivity index (χ2n) is 4.95. The zero-order valence-electron chi connectivity index (χ0n) is 12.3. The fraction of sp³-hybridized carbons (Fsp3) is 0.400. The first-order valence-corrected chi connectivity index (χ1v) is 6.59. The van der Waals surface area contributed by atoms with Crippen LogP contribution in [0.1, 0.15) is 19.4 Å². The van der Waals surface area contributed by atoms with Gasteiger partial charge in [-0.3, -0.25) is 4.79 Å². The third-order valence-electron chi connectivity index (χ3n) is 2.56. The highest BCUT2D eigenvalue weighted by Crippen LogP contribution is 2.30. The minimum absolute atomic E-state index is 0.0107. The second-order valence-corrected chi connectivity index (χ2v) is 4.95. The zero-order valence-corrected chi connectivity index (χ0v) is 12.3. The Morgan fingerprint density at radius 2 is 1.91 bits per heavy atom. The monoisotopic (exact) mass is 317 g/mol. The number of nitrogens with one attached hydrogen (secondary N) is 1. The molecule has 4 nitrogen and oxygen atoms in total. The maximum absolute atomic E-state index is 12.4. The highest BCUT2D eigenvalue weighted by Gasteiger charge is 2.30. The van der Waals surface area contributed by atoms with Crippen LogP contribution in [0.5, 0.6) is 5.75 Å². The molecule has 0 saturated carbocycles. The van der Waals surface area contributed by atoms with E-state index in [-0.39, 0.29) is 24.8 Å². The lowest BCUT2D eigenvalue weighted by molar-refractivity contribution is -0.137. The summed E-state index contributed by atoms with van der Waals surface area (Å²) in [5.74, 6) is -0.115. The van der Waals surface area contributed by atoms with Crippen LogP contribution in [0.25, 0.3) is 0 Å². The quantitative estimate of drug-likeness (QED) is 0.793. The van der Waals surface area contributed by atoms with Crippen molar-refractivity contribution in [1.29, 1.82) is 0 Å². The SMILES string of the molecule is CC(C)=CC(=O)NCC(O)COc1ccc(C(F)(F)F)cc1. The maximum Gasteiger partial charge on any atom is 0.416 e. The lowest BCUT2D eigenvalue weighted by atomic mass is 10.2. The number of amides is 1. The zero-order chi connectivity index (χ0) is 16.8. The standard InChI is InChI=1S/C15H18F3NO3/c1-10(2)7-14(21)19-8-12(20)9-22-13-5-3-11(4-6-13)15(16,17)18/h3-7,12,20H,8-9H2,1-2H3,(H,19,21). The topological polar surface area (TPSA) is 58.6 Å². The minimum atomic E-state index is -4.40. The Morgan fingerprint density at radius 3 is 2.41 bits per heavy atom. The van der Waals surface area contributed by atoms with Crippen LogP contribution >= 0.6 is 0 Å². The summed E-state index contributed by atoms with van der Waals surface area (Å²) in [5, 5.41) is 12.1. The molecule has 0 aliphatic heterocycles. The van der Waals surface area contributed by atoms with Crippen molar-refractivity contribution in [3.8, 4) is 5.75 Å². The molecule has 0 bridgehead atoms. The summed E-state index contributed by atoms with van der Waals surface area (Å²) in [4.78, 5) is 11.3. The molecule has 1 atom stereocenters. The third-order valence-corrected chi connectivity index (χ3v) is 2.56. The van der Waals surface area contributed by atoms with E-state index in [2.05, 4.69) is 5.32 Å². The molecular formula is C15H18F3NO3. The third kappa shape index (κ3) is 6.62. The molecule has 0 aliphatic carbocycles. The molecule has 0 saturated heterocycles. The molecule has 1 aromatic rings. The first kappa shape index (κ1) is 18.0. The number of hydrogen-bond donors (Lipinski definition) is 2. The van der Waals surface area contributed by atoms with Gasteiger partial charge < -0.3 is 15.2 Å². The Hall–Kier alpha value is -2.02.